The minimum Gasteiger partial charge on any atom is -0.482 e. The molecule has 0 bridgehead atoms. The second-order valence-corrected chi connectivity index (χ2v) is 5.98. The predicted molar refractivity (Wildman–Crippen MR) is 78.8 cm³/mol. The summed E-state index contributed by atoms with van der Waals surface area (Å²) in [5.74, 6) is 0.680. The molecule has 2 aliphatic rings. The van der Waals surface area contributed by atoms with Gasteiger partial charge in [0.1, 0.15) is 5.75 Å². The minimum absolute atomic E-state index is 0.0815. The third kappa shape index (κ3) is 2.66. The number of anilines is 1. The Bertz CT molecular complexity index is 504. The third-order valence-electron chi connectivity index (χ3n) is 4.67. The monoisotopic (exact) mass is 274 g/mol. The molecule has 0 unspecified atom stereocenters. The van der Waals surface area contributed by atoms with Crippen LogP contribution < -0.4 is 15.4 Å². The zero-order valence-corrected chi connectivity index (χ0v) is 12.0. The lowest BCUT2D eigenvalue weighted by Gasteiger charge is -2.41. The number of ether oxygens (including phenoxy) is 1. The van der Waals surface area contributed by atoms with Crippen LogP contribution in [0, 0.1) is 5.41 Å². The van der Waals surface area contributed by atoms with Crippen molar-refractivity contribution >= 4 is 11.6 Å². The number of benzene rings is 1. The molecule has 1 fully saturated rings. The topological polar surface area (TPSA) is 50.4 Å². The summed E-state index contributed by atoms with van der Waals surface area (Å²) in [5.41, 5.74) is 2.50. The molecule has 108 valence electrons. The van der Waals surface area contributed by atoms with Crippen LogP contribution in [0.15, 0.2) is 18.2 Å². The summed E-state index contributed by atoms with van der Waals surface area (Å²) in [4.78, 5) is 11.3. The third-order valence-corrected chi connectivity index (χ3v) is 4.67. The average molecular weight is 274 g/mol. The summed E-state index contributed by atoms with van der Waals surface area (Å²) >= 11 is 0. The first-order chi connectivity index (χ1) is 9.71. The Morgan fingerprint density at radius 2 is 2.25 bits per heavy atom. The van der Waals surface area contributed by atoms with Gasteiger partial charge < -0.3 is 15.4 Å². The van der Waals surface area contributed by atoms with Crippen LogP contribution in [0.1, 0.15) is 38.2 Å². The maximum atomic E-state index is 11.3. The molecule has 1 aromatic carbocycles. The zero-order chi connectivity index (χ0) is 14.0. The highest BCUT2D eigenvalue weighted by molar-refractivity contribution is 5.95. The summed E-state index contributed by atoms with van der Waals surface area (Å²) in [6.45, 7) is 4.32. The number of hydrogen-bond donors (Lipinski definition) is 2. The standard InChI is InChI=1S/C16H22N2O2/c1-2-16(6-3-7-16)11-17-9-12-4-5-14-13(8-12)18-15(19)10-20-14/h4-5,8,17H,2-3,6-7,9-11H2,1H3,(H,18,19). The van der Waals surface area contributed by atoms with Crippen LogP contribution >= 0.6 is 0 Å². The molecule has 0 aromatic heterocycles. The van der Waals surface area contributed by atoms with Crippen molar-refractivity contribution in [2.24, 2.45) is 5.41 Å². The van der Waals surface area contributed by atoms with E-state index in [1.807, 2.05) is 12.1 Å². The summed E-state index contributed by atoms with van der Waals surface area (Å²) in [7, 11) is 0. The highest BCUT2D eigenvalue weighted by Crippen LogP contribution is 2.43. The van der Waals surface area contributed by atoms with E-state index < -0.39 is 0 Å². The quantitative estimate of drug-likeness (QED) is 0.868. The lowest BCUT2D eigenvalue weighted by molar-refractivity contribution is -0.118. The number of carbonyl (C=O) groups excluding carboxylic acids is 1. The molecular weight excluding hydrogens is 252 g/mol. The van der Waals surface area contributed by atoms with Crippen molar-refractivity contribution in [1.82, 2.24) is 5.32 Å². The first-order valence-electron chi connectivity index (χ1n) is 7.47. The van der Waals surface area contributed by atoms with Gasteiger partial charge in [-0.1, -0.05) is 19.4 Å². The van der Waals surface area contributed by atoms with E-state index in [1.165, 1.54) is 31.2 Å². The van der Waals surface area contributed by atoms with Gasteiger partial charge in [0.2, 0.25) is 0 Å². The summed E-state index contributed by atoms with van der Waals surface area (Å²) in [6, 6.07) is 5.99. The molecule has 0 spiro atoms. The number of carbonyl (C=O) groups is 1. The molecular formula is C16H22N2O2. The SMILES string of the molecule is CCC1(CNCc2ccc3c(c2)NC(=O)CO3)CCC1. The van der Waals surface area contributed by atoms with Crippen LogP contribution in [0.5, 0.6) is 5.75 Å². The van der Waals surface area contributed by atoms with Gasteiger partial charge in [-0.25, -0.2) is 0 Å². The van der Waals surface area contributed by atoms with E-state index in [0.717, 1.165) is 24.5 Å². The largest absolute Gasteiger partial charge is 0.482 e. The van der Waals surface area contributed by atoms with Gasteiger partial charge in [-0.15, -0.1) is 0 Å². The molecule has 4 heteroatoms. The van der Waals surface area contributed by atoms with Crippen LogP contribution in [0.2, 0.25) is 0 Å². The molecule has 1 aliphatic carbocycles. The molecule has 1 heterocycles. The Labute approximate surface area is 119 Å². The van der Waals surface area contributed by atoms with Crippen molar-refractivity contribution < 1.29 is 9.53 Å². The lowest BCUT2D eigenvalue weighted by atomic mass is 9.67. The maximum absolute atomic E-state index is 11.3. The fourth-order valence-electron chi connectivity index (χ4n) is 3.04. The van der Waals surface area contributed by atoms with Gasteiger partial charge in [0.05, 0.1) is 5.69 Å². The Morgan fingerprint density at radius 3 is 2.95 bits per heavy atom. The first kappa shape index (κ1) is 13.4. The molecule has 4 nitrogen and oxygen atoms in total. The molecule has 1 amide bonds. The van der Waals surface area contributed by atoms with Crippen LogP contribution in [0.4, 0.5) is 5.69 Å². The van der Waals surface area contributed by atoms with Crippen molar-refractivity contribution in [3.63, 3.8) is 0 Å². The first-order valence-corrected chi connectivity index (χ1v) is 7.47. The molecule has 0 atom stereocenters. The molecule has 1 saturated carbocycles. The number of fused-ring (bicyclic) bond motifs is 1. The van der Waals surface area contributed by atoms with Gasteiger partial charge in [-0.3, -0.25) is 4.79 Å². The molecule has 20 heavy (non-hydrogen) atoms. The highest BCUT2D eigenvalue weighted by atomic mass is 16.5. The van der Waals surface area contributed by atoms with E-state index in [2.05, 4.69) is 23.6 Å². The second kappa shape index (κ2) is 5.44. The molecule has 1 aromatic rings. The Hall–Kier alpha value is -1.55. The fraction of sp³-hybridized carbons (Fsp3) is 0.562. The van der Waals surface area contributed by atoms with Gasteiger partial charge >= 0.3 is 0 Å². The van der Waals surface area contributed by atoms with Crippen molar-refractivity contribution in [2.75, 3.05) is 18.5 Å². The van der Waals surface area contributed by atoms with E-state index in [0.29, 0.717) is 5.41 Å². The van der Waals surface area contributed by atoms with E-state index in [9.17, 15) is 4.79 Å². The number of hydrogen-bond acceptors (Lipinski definition) is 3. The lowest BCUT2D eigenvalue weighted by Crippen LogP contribution is -2.39. The minimum atomic E-state index is -0.0815. The van der Waals surface area contributed by atoms with E-state index in [4.69, 9.17) is 4.74 Å². The van der Waals surface area contributed by atoms with Gasteiger partial charge in [-0.05, 0) is 42.4 Å². The van der Waals surface area contributed by atoms with Gasteiger partial charge in [-0.2, -0.15) is 0 Å². The van der Waals surface area contributed by atoms with Crippen molar-refractivity contribution in [1.29, 1.82) is 0 Å². The van der Waals surface area contributed by atoms with E-state index >= 15 is 0 Å². The van der Waals surface area contributed by atoms with Gasteiger partial charge in [0.25, 0.3) is 5.91 Å². The van der Waals surface area contributed by atoms with Crippen LogP contribution in [0.25, 0.3) is 0 Å². The molecule has 2 N–H and O–H groups in total. The maximum Gasteiger partial charge on any atom is 0.262 e. The summed E-state index contributed by atoms with van der Waals surface area (Å²) < 4.78 is 5.36. The molecule has 0 saturated heterocycles. The fourth-order valence-corrected chi connectivity index (χ4v) is 3.04. The van der Waals surface area contributed by atoms with Crippen molar-refractivity contribution in [2.45, 2.75) is 39.2 Å². The molecule has 3 rings (SSSR count). The molecule has 0 radical (unpaired) electrons. The number of rotatable bonds is 5. The van der Waals surface area contributed by atoms with E-state index in [-0.39, 0.29) is 12.5 Å². The highest BCUT2D eigenvalue weighted by Gasteiger charge is 2.34. The Kier molecular flexibility index (Phi) is 3.66. The zero-order valence-electron chi connectivity index (χ0n) is 12.0. The average Bonchev–Trinajstić information content (AvgIpc) is 2.41. The Morgan fingerprint density at radius 1 is 1.40 bits per heavy atom. The number of nitrogens with one attached hydrogen (secondary N) is 2. The second-order valence-electron chi connectivity index (χ2n) is 5.98. The van der Waals surface area contributed by atoms with Gasteiger partial charge in [0, 0.05) is 13.1 Å². The van der Waals surface area contributed by atoms with E-state index in [1.54, 1.807) is 0 Å². The molecule has 1 aliphatic heterocycles. The van der Waals surface area contributed by atoms with Gasteiger partial charge in [0.15, 0.2) is 6.61 Å². The van der Waals surface area contributed by atoms with Crippen molar-refractivity contribution in [3.05, 3.63) is 23.8 Å². The predicted octanol–water partition coefficient (Wildman–Crippen LogP) is 2.69. The van der Waals surface area contributed by atoms with Crippen LogP contribution in [-0.2, 0) is 11.3 Å². The van der Waals surface area contributed by atoms with Crippen LogP contribution in [0.3, 0.4) is 0 Å². The van der Waals surface area contributed by atoms with Crippen LogP contribution in [-0.4, -0.2) is 19.1 Å². The summed E-state index contributed by atoms with van der Waals surface area (Å²) in [5, 5.41) is 6.41. The normalized spacial score (nSPS) is 19.6. The Balaban J connectivity index is 1.58. The number of amides is 1. The smallest absolute Gasteiger partial charge is 0.262 e. The van der Waals surface area contributed by atoms with Crippen molar-refractivity contribution in [3.8, 4) is 5.75 Å². The summed E-state index contributed by atoms with van der Waals surface area (Å²) in [6.07, 6.45) is 5.33.